The molecule has 0 spiro atoms. The zero-order chi connectivity index (χ0) is 8.81. The lowest BCUT2D eigenvalue weighted by Crippen LogP contribution is -2.01. The first-order valence-corrected chi connectivity index (χ1v) is 4.55. The van der Waals surface area contributed by atoms with E-state index in [1.165, 1.54) is 12.8 Å². The van der Waals surface area contributed by atoms with Crippen LogP contribution in [0, 0.1) is 0 Å². The lowest BCUT2D eigenvalue weighted by Gasteiger charge is -2.01. The van der Waals surface area contributed by atoms with Gasteiger partial charge < -0.3 is 9.84 Å². The smallest absolute Gasteiger partial charge is 0.227 e. The Labute approximate surface area is 73.1 Å². The van der Waals surface area contributed by atoms with E-state index in [1.807, 2.05) is 0 Å². The molecule has 12 heavy (non-hydrogen) atoms. The number of rotatable bonds is 5. The molecule has 0 atom stereocenters. The van der Waals surface area contributed by atoms with Crippen molar-refractivity contribution in [2.24, 2.45) is 0 Å². The van der Waals surface area contributed by atoms with Gasteiger partial charge in [-0.05, 0) is 12.8 Å². The Morgan fingerprint density at radius 1 is 1.50 bits per heavy atom. The van der Waals surface area contributed by atoms with E-state index in [1.54, 1.807) is 6.20 Å². The summed E-state index contributed by atoms with van der Waals surface area (Å²) in [7, 11) is 0. The summed E-state index contributed by atoms with van der Waals surface area (Å²) in [5, 5.41) is 6.95. The van der Waals surface area contributed by atoms with Gasteiger partial charge >= 0.3 is 0 Å². The van der Waals surface area contributed by atoms with Crippen molar-refractivity contribution in [2.75, 3.05) is 11.9 Å². The second kappa shape index (κ2) is 4.80. The number of nitrogens with one attached hydrogen (secondary N) is 1. The zero-order valence-electron chi connectivity index (χ0n) is 7.76. The molecular weight excluding hydrogens is 152 g/mol. The summed E-state index contributed by atoms with van der Waals surface area (Å²) in [5.41, 5.74) is 1.16. The van der Waals surface area contributed by atoms with Crippen LogP contribution in [0.3, 0.4) is 0 Å². The average molecular weight is 168 g/mol. The summed E-state index contributed by atoms with van der Waals surface area (Å²) in [4.78, 5) is 0. The van der Waals surface area contributed by atoms with Gasteiger partial charge in [-0.15, -0.1) is 0 Å². The Hall–Kier alpha value is -0.990. The molecule has 3 nitrogen and oxygen atoms in total. The molecule has 0 fully saturated rings. The first-order chi connectivity index (χ1) is 5.88. The molecule has 0 bridgehead atoms. The second-order valence-corrected chi connectivity index (χ2v) is 2.81. The number of hydrogen-bond acceptors (Lipinski definition) is 3. The predicted molar refractivity (Wildman–Crippen MR) is 49.3 cm³/mol. The van der Waals surface area contributed by atoms with E-state index in [2.05, 4.69) is 24.3 Å². The van der Waals surface area contributed by atoms with Crippen molar-refractivity contribution >= 4 is 5.88 Å². The van der Waals surface area contributed by atoms with Crippen molar-refractivity contribution in [1.29, 1.82) is 0 Å². The highest BCUT2D eigenvalue weighted by Gasteiger charge is 2.03. The van der Waals surface area contributed by atoms with Crippen LogP contribution in [-0.4, -0.2) is 11.7 Å². The van der Waals surface area contributed by atoms with E-state index in [4.69, 9.17) is 4.52 Å². The molecule has 0 saturated heterocycles. The van der Waals surface area contributed by atoms with Crippen molar-refractivity contribution < 1.29 is 4.52 Å². The molecule has 68 valence electrons. The third-order valence-corrected chi connectivity index (χ3v) is 1.84. The third-order valence-electron chi connectivity index (χ3n) is 1.84. The molecule has 0 aliphatic rings. The Kier molecular flexibility index (Phi) is 3.64. The number of anilines is 1. The van der Waals surface area contributed by atoms with Crippen LogP contribution in [0.25, 0.3) is 0 Å². The van der Waals surface area contributed by atoms with Crippen molar-refractivity contribution in [1.82, 2.24) is 5.16 Å². The first kappa shape index (κ1) is 9.10. The van der Waals surface area contributed by atoms with Gasteiger partial charge in [0, 0.05) is 12.1 Å². The van der Waals surface area contributed by atoms with E-state index in [0.717, 1.165) is 24.4 Å². The Bertz CT molecular complexity index is 220. The largest absolute Gasteiger partial charge is 0.354 e. The van der Waals surface area contributed by atoms with Gasteiger partial charge in [-0.1, -0.05) is 25.4 Å². The zero-order valence-corrected chi connectivity index (χ0v) is 7.76. The van der Waals surface area contributed by atoms with E-state index in [0.29, 0.717) is 0 Å². The average Bonchev–Trinajstić information content (AvgIpc) is 2.52. The topological polar surface area (TPSA) is 38.1 Å². The first-order valence-electron chi connectivity index (χ1n) is 4.55. The van der Waals surface area contributed by atoms with Crippen LogP contribution in [0.5, 0.6) is 0 Å². The minimum absolute atomic E-state index is 0.839. The molecule has 1 aromatic rings. The number of aryl methyl sites for hydroxylation is 1. The molecule has 3 heteroatoms. The lowest BCUT2D eigenvalue weighted by atomic mass is 10.2. The summed E-state index contributed by atoms with van der Waals surface area (Å²) in [5.74, 6) is 0.839. The van der Waals surface area contributed by atoms with Crippen LogP contribution >= 0.6 is 0 Å². The minimum Gasteiger partial charge on any atom is -0.354 e. The molecule has 0 radical (unpaired) electrons. The van der Waals surface area contributed by atoms with Gasteiger partial charge in [-0.2, -0.15) is 0 Å². The quantitative estimate of drug-likeness (QED) is 0.686. The Morgan fingerprint density at radius 2 is 2.33 bits per heavy atom. The van der Waals surface area contributed by atoms with Crippen molar-refractivity contribution in [3.63, 3.8) is 0 Å². The third kappa shape index (κ3) is 2.26. The molecule has 1 rings (SSSR count). The van der Waals surface area contributed by atoms with Crippen LogP contribution in [0.1, 0.15) is 32.3 Å². The van der Waals surface area contributed by atoms with Crippen LogP contribution in [0.15, 0.2) is 10.7 Å². The SMILES string of the molecule is CCCCNc1oncc1CC. The van der Waals surface area contributed by atoms with Crippen molar-refractivity contribution in [2.45, 2.75) is 33.1 Å². The van der Waals surface area contributed by atoms with Crippen molar-refractivity contribution in [3.8, 4) is 0 Å². The maximum Gasteiger partial charge on any atom is 0.227 e. The monoisotopic (exact) mass is 168 g/mol. The molecule has 1 heterocycles. The van der Waals surface area contributed by atoms with Gasteiger partial charge in [0.25, 0.3) is 0 Å². The van der Waals surface area contributed by atoms with Crippen LogP contribution in [0.4, 0.5) is 5.88 Å². The highest BCUT2D eigenvalue weighted by Crippen LogP contribution is 2.14. The molecule has 0 aromatic carbocycles. The highest BCUT2D eigenvalue weighted by atomic mass is 16.5. The molecule has 1 aromatic heterocycles. The normalized spacial score (nSPS) is 10.2. The number of unbranched alkanes of at least 4 members (excludes halogenated alkanes) is 1. The standard InChI is InChI=1S/C9H16N2O/c1-3-5-6-10-9-8(4-2)7-11-12-9/h7,10H,3-6H2,1-2H3. The molecule has 0 unspecified atom stereocenters. The number of hydrogen-bond donors (Lipinski definition) is 1. The second-order valence-electron chi connectivity index (χ2n) is 2.81. The molecule has 0 aliphatic carbocycles. The summed E-state index contributed by atoms with van der Waals surface area (Å²) in [6.07, 6.45) is 5.11. The maximum atomic E-state index is 5.04. The fourth-order valence-electron chi connectivity index (χ4n) is 1.04. The van der Waals surface area contributed by atoms with Gasteiger partial charge in [0.15, 0.2) is 0 Å². The summed E-state index contributed by atoms with van der Waals surface area (Å²) in [6.45, 7) is 5.24. The summed E-state index contributed by atoms with van der Waals surface area (Å²) < 4.78 is 5.04. The highest BCUT2D eigenvalue weighted by molar-refractivity contribution is 5.38. The van der Waals surface area contributed by atoms with Gasteiger partial charge in [-0.25, -0.2) is 0 Å². The fourth-order valence-corrected chi connectivity index (χ4v) is 1.04. The maximum absolute atomic E-state index is 5.04. The van der Waals surface area contributed by atoms with Gasteiger partial charge in [0.2, 0.25) is 5.88 Å². The number of nitrogens with zero attached hydrogens (tertiary/aromatic N) is 1. The van der Waals surface area contributed by atoms with E-state index in [-0.39, 0.29) is 0 Å². The van der Waals surface area contributed by atoms with Gasteiger partial charge in [0.1, 0.15) is 0 Å². The molecule has 1 N–H and O–H groups in total. The summed E-state index contributed by atoms with van der Waals surface area (Å²) in [6, 6.07) is 0. The van der Waals surface area contributed by atoms with E-state index >= 15 is 0 Å². The Morgan fingerprint density at radius 3 is 3.00 bits per heavy atom. The molecular formula is C9H16N2O. The summed E-state index contributed by atoms with van der Waals surface area (Å²) >= 11 is 0. The van der Waals surface area contributed by atoms with Gasteiger partial charge in [-0.3, -0.25) is 0 Å². The van der Waals surface area contributed by atoms with Gasteiger partial charge in [0.05, 0.1) is 6.20 Å². The molecule has 0 aliphatic heterocycles. The Balaban J connectivity index is 2.39. The molecule has 0 amide bonds. The predicted octanol–water partition coefficient (Wildman–Crippen LogP) is 2.45. The van der Waals surface area contributed by atoms with E-state index in [9.17, 15) is 0 Å². The van der Waals surface area contributed by atoms with Crippen LogP contribution < -0.4 is 5.32 Å². The van der Waals surface area contributed by atoms with Crippen LogP contribution in [-0.2, 0) is 6.42 Å². The fraction of sp³-hybridized carbons (Fsp3) is 0.667. The lowest BCUT2D eigenvalue weighted by molar-refractivity contribution is 0.431. The minimum atomic E-state index is 0.839. The van der Waals surface area contributed by atoms with Crippen LogP contribution in [0.2, 0.25) is 0 Å². The number of aromatic nitrogens is 1. The molecule has 0 saturated carbocycles. The van der Waals surface area contributed by atoms with Crippen molar-refractivity contribution in [3.05, 3.63) is 11.8 Å². The van der Waals surface area contributed by atoms with E-state index < -0.39 is 0 Å².